The van der Waals surface area contributed by atoms with Gasteiger partial charge in [-0.3, -0.25) is 0 Å². The van der Waals surface area contributed by atoms with Crippen LogP contribution in [0.4, 0.5) is 10.1 Å². The lowest BCUT2D eigenvalue weighted by molar-refractivity contribution is 0.616. The third-order valence-electron chi connectivity index (χ3n) is 3.34. The van der Waals surface area contributed by atoms with Crippen molar-refractivity contribution in [2.45, 2.75) is 28.8 Å². The van der Waals surface area contributed by atoms with E-state index in [0.717, 1.165) is 6.42 Å². The van der Waals surface area contributed by atoms with Gasteiger partial charge in [-0.05, 0) is 41.6 Å². The van der Waals surface area contributed by atoms with Crippen LogP contribution in [0.3, 0.4) is 0 Å². The predicted octanol–water partition coefficient (Wildman–Crippen LogP) is 4.80. The van der Waals surface area contributed by atoms with Crippen molar-refractivity contribution >= 4 is 28.8 Å². The van der Waals surface area contributed by atoms with Crippen LogP contribution in [0.15, 0.2) is 33.9 Å². The molecule has 0 saturated carbocycles. The van der Waals surface area contributed by atoms with E-state index in [9.17, 15) is 4.39 Å². The second-order valence-electron chi connectivity index (χ2n) is 4.83. The van der Waals surface area contributed by atoms with Crippen LogP contribution >= 0.6 is 23.1 Å². The van der Waals surface area contributed by atoms with E-state index in [-0.39, 0.29) is 11.9 Å². The van der Waals surface area contributed by atoms with E-state index in [4.69, 9.17) is 5.26 Å². The molecule has 1 aliphatic heterocycles. The van der Waals surface area contributed by atoms with Crippen molar-refractivity contribution < 1.29 is 4.39 Å². The highest BCUT2D eigenvalue weighted by Gasteiger charge is 2.26. The lowest BCUT2D eigenvalue weighted by Gasteiger charge is -2.28. The van der Waals surface area contributed by atoms with E-state index >= 15 is 0 Å². The minimum atomic E-state index is -0.369. The molecule has 1 aromatic heterocycles. The highest BCUT2D eigenvalue weighted by atomic mass is 32.2. The summed E-state index contributed by atoms with van der Waals surface area (Å²) >= 11 is 3.62. The molecule has 102 valence electrons. The molecule has 0 saturated heterocycles. The summed E-state index contributed by atoms with van der Waals surface area (Å²) in [4.78, 5) is 0. The summed E-state index contributed by atoms with van der Waals surface area (Å²) in [6, 6.07) is 8.75. The Morgan fingerprint density at radius 1 is 1.40 bits per heavy atom. The van der Waals surface area contributed by atoms with Crippen molar-refractivity contribution in [2.24, 2.45) is 0 Å². The van der Waals surface area contributed by atoms with Crippen molar-refractivity contribution in [3.63, 3.8) is 0 Å². The summed E-state index contributed by atoms with van der Waals surface area (Å²) in [6.45, 7) is 2.19. The number of thiophene rings is 1. The summed E-state index contributed by atoms with van der Waals surface area (Å²) in [5, 5.41) is 14.7. The minimum absolute atomic E-state index is 0.134. The number of halogens is 1. The first-order valence-electron chi connectivity index (χ1n) is 6.37. The van der Waals surface area contributed by atoms with Gasteiger partial charge in [0, 0.05) is 5.25 Å². The van der Waals surface area contributed by atoms with E-state index in [1.165, 1.54) is 15.8 Å². The first-order valence-corrected chi connectivity index (χ1v) is 8.13. The fraction of sp³-hybridized carbons (Fsp3) is 0.267. The maximum atomic E-state index is 14.0. The van der Waals surface area contributed by atoms with Crippen LogP contribution in [0.1, 0.15) is 30.5 Å². The molecule has 2 atom stereocenters. The normalized spacial score (nSPS) is 21.1. The number of anilines is 1. The minimum Gasteiger partial charge on any atom is -0.376 e. The number of thioether (sulfide) groups is 1. The largest absolute Gasteiger partial charge is 0.376 e. The molecule has 2 nitrogen and oxygen atoms in total. The first-order chi connectivity index (χ1) is 9.67. The molecule has 3 rings (SSSR count). The molecule has 1 aromatic carbocycles. The average molecular weight is 304 g/mol. The molecule has 5 heteroatoms. The summed E-state index contributed by atoms with van der Waals surface area (Å²) in [5.74, 6) is -0.369. The van der Waals surface area contributed by atoms with Gasteiger partial charge in [-0.2, -0.15) is 5.26 Å². The van der Waals surface area contributed by atoms with Crippen LogP contribution in [-0.4, -0.2) is 5.25 Å². The number of hydrogen-bond donors (Lipinski definition) is 1. The van der Waals surface area contributed by atoms with Crippen molar-refractivity contribution in [1.29, 1.82) is 5.26 Å². The number of benzene rings is 1. The molecular formula is C15H13FN2S2. The topological polar surface area (TPSA) is 35.8 Å². The Balaban J connectivity index is 1.87. The molecule has 1 unspecified atom stereocenters. The van der Waals surface area contributed by atoms with Crippen molar-refractivity contribution in [3.8, 4) is 6.07 Å². The summed E-state index contributed by atoms with van der Waals surface area (Å²) in [7, 11) is 0. The molecule has 0 aliphatic carbocycles. The molecule has 2 heterocycles. The number of nitrogens with zero attached hydrogens (tertiary/aromatic N) is 1. The lowest BCUT2D eigenvalue weighted by Crippen LogP contribution is -2.19. The first kappa shape index (κ1) is 13.5. The Morgan fingerprint density at radius 3 is 3.00 bits per heavy atom. The van der Waals surface area contributed by atoms with E-state index in [1.807, 2.05) is 17.8 Å². The number of fused-ring (bicyclic) bond motifs is 1. The Hall–Kier alpha value is -1.51. The van der Waals surface area contributed by atoms with Crippen LogP contribution in [-0.2, 0) is 0 Å². The zero-order valence-electron chi connectivity index (χ0n) is 10.9. The number of nitrogens with one attached hydrogen (secondary N) is 1. The van der Waals surface area contributed by atoms with E-state index in [2.05, 4.69) is 23.7 Å². The molecular weight excluding hydrogens is 291 g/mol. The highest BCUT2D eigenvalue weighted by Crippen LogP contribution is 2.45. The molecule has 0 radical (unpaired) electrons. The van der Waals surface area contributed by atoms with E-state index in [0.29, 0.717) is 16.5 Å². The zero-order chi connectivity index (χ0) is 14.1. The quantitative estimate of drug-likeness (QED) is 0.866. The average Bonchev–Trinajstić information content (AvgIpc) is 2.89. The molecule has 20 heavy (non-hydrogen) atoms. The Kier molecular flexibility index (Phi) is 3.68. The summed E-state index contributed by atoms with van der Waals surface area (Å²) < 4.78 is 15.3. The SMILES string of the molecule is C[C@H]1CC(Nc2ccc(C#N)cc2F)c2ccsc2S1. The third kappa shape index (κ3) is 2.54. The van der Waals surface area contributed by atoms with Crippen LogP contribution < -0.4 is 5.32 Å². The van der Waals surface area contributed by atoms with Crippen LogP contribution in [0.5, 0.6) is 0 Å². The Morgan fingerprint density at radius 2 is 2.25 bits per heavy atom. The molecule has 0 bridgehead atoms. The van der Waals surface area contributed by atoms with Gasteiger partial charge in [-0.25, -0.2) is 4.39 Å². The van der Waals surface area contributed by atoms with Gasteiger partial charge in [0.15, 0.2) is 0 Å². The van der Waals surface area contributed by atoms with Gasteiger partial charge in [0.05, 0.1) is 27.6 Å². The van der Waals surface area contributed by atoms with Gasteiger partial charge in [0.25, 0.3) is 0 Å². The van der Waals surface area contributed by atoms with Crippen molar-refractivity contribution in [1.82, 2.24) is 0 Å². The monoisotopic (exact) mass is 304 g/mol. The molecule has 0 amide bonds. The molecule has 2 aromatic rings. The van der Waals surface area contributed by atoms with Crippen LogP contribution in [0, 0.1) is 17.1 Å². The predicted molar refractivity (Wildman–Crippen MR) is 81.7 cm³/mol. The lowest BCUT2D eigenvalue weighted by atomic mass is 10.0. The maximum absolute atomic E-state index is 14.0. The van der Waals surface area contributed by atoms with Gasteiger partial charge in [-0.1, -0.05) is 6.92 Å². The van der Waals surface area contributed by atoms with Gasteiger partial charge in [0.2, 0.25) is 0 Å². The van der Waals surface area contributed by atoms with Crippen molar-refractivity contribution in [2.75, 3.05) is 5.32 Å². The van der Waals surface area contributed by atoms with Gasteiger partial charge in [-0.15, -0.1) is 23.1 Å². The fourth-order valence-corrected chi connectivity index (χ4v) is 4.94. The fourth-order valence-electron chi connectivity index (χ4n) is 2.38. The number of hydrogen-bond acceptors (Lipinski definition) is 4. The van der Waals surface area contributed by atoms with Gasteiger partial charge in [0.1, 0.15) is 5.82 Å². The molecule has 0 fully saturated rings. The van der Waals surface area contributed by atoms with Crippen LogP contribution in [0.25, 0.3) is 0 Å². The van der Waals surface area contributed by atoms with Crippen LogP contribution in [0.2, 0.25) is 0 Å². The summed E-state index contributed by atoms with van der Waals surface area (Å²) in [5.41, 5.74) is 2.06. The molecule has 0 spiro atoms. The second kappa shape index (κ2) is 5.47. The third-order valence-corrected chi connectivity index (χ3v) is 5.68. The van der Waals surface area contributed by atoms with Gasteiger partial charge < -0.3 is 5.32 Å². The molecule has 1 aliphatic rings. The smallest absolute Gasteiger partial charge is 0.147 e. The number of nitriles is 1. The zero-order valence-corrected chi connectivity index (χ0v) is 12.5. The molecule has 1 N–H and O–H groups in total. The standard InChI is InChI=1S/C15H13FN2S2/c1-9-6-14(11-4-5-19-15(11)20-9)18-13-3-2-10(8-17)7-12(13)16/h2-5,7,9,14,18H,6H2,1H3/t9-,14?/m0/s1. The van der Waals surface area contributed by atoms with E-state index in [1.54, 1.807) is 23.5 Å². The van der Waals surface area contributed by atoms with Crippen molar-refractivity contribution in [3.05, 3.63) is 46.6 Å². The number of rotatable bonds is 2. The Labute approximate surface area is 125 Å². The summed E-state index contributed by atoms with van der Waals surface area (Å²) in [6.07, 6.45) is 0.966. The van der Waals surface area contributed by atoms with E-state index < -0.39 is 0 Å². The Bertz CT molecular complexity index is 675. The maximum Gasteiger partial charge on any atom is 0.147 e. The van der Waals surface area contributed by atoms with Gasteiger partial charge >= 0.3 is 0 Å². The highest BCUT2D eigenvalue weighted by molar-refractivity contribution is 8.01. The second-order valence-corrected chi connectivity index (χ2v) is 7.45.